The van der Waals surface area contributed by atoms with Gasteiger partial charge in [-0.15, -0.1) is 0 Å². The maximum atomic E-state index is 13.8. The third-order valence-corrected chi connectivity index (χ3v) is 8.73. The van der Waals surface area contributed by atoms with E-state index in [1.165, 1.54) is 11.3 Å². The van der Waals surface area contributed by atoms with Crippen molar-refractivity contribution in [3.63, 3.8) is 0 Å². The minimum absolute atomic E-state index is 0.00858. The quantitative estimate of drug-likeness (QED) is 0.568. The number of fused-ring (bicyclic) bond motifs is 1. The summed E-state index contributed by atoms with van der Waals surface area (Å²) in [5.41, 5.74) is 2.15. The molecule has 0 radical (unpaired) electrons. The number of carbonyl (C=O) groups is 4. The van der Waals surface area contributed by atoms with Crippen molar-refractivity contribution in [2.45, 2.75) is 44.8 Å². The van der Waals surface area contributed by atoms with E-state index in [2.05, 4.69) is 22.2 Å². The number of piperazine rings is 1. The summed E-state index contributed by atoms with van der Waals surface area (Å²) < 4.78 is 0. The van der Waals surface area contributed by atoms with E-state index in [9.17, 15) is 19.2 Å². The first kappa shape index (κ1) is 27.3. The standard InChI is InChI=1S/C29H37N5O4S/c1-19(2)16-23(30-27(36)20-4-6-22(7-5-20)32-13-11-31(3)12-14-32)29(38)33-10-8-24-26(33)25(35)17-34(24)28(37)21-9-15-39-18-21/h4-7,9,15,18-19,23-24,26H,8,10-14,16-17H2,1-3H3,(H,30,36). The lowest BCUT2D eigenvalue weighted by atomic mass is 10.0. The number of anilines is 1. The number of Topliss-reactive ketones (excluding diaryl/α,β-unsaturated/α-hetero) is 1. The number of benzene rings is 1. The molecule has 2 aromatic rings. The minimum Gasteiger partial charge on any atom is -0.369 e. The molecule has 3 aliphatic rings. The van der Waals surface area contributed by atoms with Gasteiger partial charge in [0, 0.05) is 49.4 Å². The van der Waals surface area contributed by atoms with E-state index in [1.807, 2.05) is 31.4 Å². The summed E-state index contributed by atoms with van der Waals surface area (Å²) in [5, 5.41) is 6.58. The van der Waals surface area contributed by atoms with E-state index in [4.69, 9.17) is 0 Å². The summed E-state index contributed by atoms with van der Waals surface area (Å²) in [5.74, 6) is -0.686. The smallest absolute Gasteiger partial charge is 0.255 e. The second-order valence-corrected chi connectivity index (χ2v) is 12.0. The number of amides is 3. The van der Waals surface area contributed by atoms with Crippen LogP contribution in [0.15, 0.2) is 41.1 Å². The van der Waals surface area contributed by atoms with Crippen LogP contribution < -0.4 is 10.2 Å². The number of hydrogen-bond donors (Lipinski definition) is 1. The largest absolute Gasteiger partial charge is 0.369 e. The molecule has 3 atom stereocenters. The normalized spacial score (nSPS) is 22.4. The second kappa shape index (κ2) is 11.5. The SMILES string of the molecule is CC(C)CC(NC(=O)c1ccc(N2CCN(C)CC2)cc1)C(=O)N1CCC2C1C(=O)CN2C(=O)c1ccsc1. The van der Waals surface area contributed by atoms with Crippen LogP contribution in [0, 0.1) is 5.92 Å². The molecule has 9 nitrogen and oxygen atoms in total. The lowest BCUT2D eigenvalue weighted by Gasteiger charge is -2.34. The molecule has 1 aromatic heterocycles. The number of likely N-dealkylation sites (tertiary alicyclic amines) is 2. The van der Waals surface area contributed by atoms with E-state index in [0.717, 1.165) is 31.9 Å². The third-order valence-electron chi connectivity index (χ3n) is 8.04. The number of thiophene rings is 1. The molecule has 3 fully saturated rings. The van der Waals surface area contributed by atoms with Gasteiger partial charge in [0.2, 0.25) is 5.91 Å². The maximum Gasteiger partial charge on any atom is 0.255 e. The van der Waals surface area contributed by atoms with E-state index < -0.39 is 12.1 Å². The van der Waals surface area contributed by atoms with Crippen molar-refractivity contribution in [2.24, 2.45) is 5.92 Å². The molecule has 0 bridgehead atoms. The van der Waals surface area contributed by atoms with Crippen LogP contribution in [0.3, 0.4) is 0 Å². The first-order valence-corrected chi connectivity index (χ1v) is 14.7. The van der Waals surface area contributed by atoms with Gasteiger partial charge >= 0.3 is 0 Å². The molecule has 1 N–H and O–H groups in total. The molecule has 208 valence electrons. The van der Waals surface area contributed by atoms with E-state index in [-0.39, 0.29) is 42.0 Å². The molecule has 10 heteroatoms. The summed E-state index contributed by atoms with van der Waals surface area (Å²) in [6.07, 6.45) is 1.01. The Bertz CT molecular complexity index is 1210. The Morgan fingerprint density at radius 3 is 2.33 bits per heavy atom. The molecule has 3 saturated heterocycles. The molecule has 0 saturated carbocycles. The van der Waals surface area contributed by atoms with Gasteiger partial charge in [-0.2, -0.15) is 11.3 Å². The van der Waals surface area contributed by atoms with Gasteiger partial charge in [-0.3, -0.25) is 19.2 Å². The fourth-order valence-corrected chi connectivity index (χ4v) is 6.54. The average molecular weight is 552 g/mol. The summed E-state index contributed by atoms with van der Waals surface area (Å²) in [6, 6.07) is 7.56. The molecule has 0 aliphatic carbocycles. The number of likely N-dealkylation sites (N-methyl/N-ethyl adjacent to an activating group) is 1. The van der Waals surface area contributed by atoms with Gasteiger partial charge in [0.1, 0.15) is 12.1 Å². The van der Waals surface area contributed by atoms with Crippen LogP contribution in [0.2, 0.25) is 0 Å². The average Bonchev–Trinajstić information content (AvgIpc) is 3.67. The van der Waals surface area contributed by atoms with Crippen LogP contribution >= 0.6 is 11.3 Å². The number of nitrogens with zero attached hydrogens (tertiary/aromatic N) is 4. The Labute approximate surface area is 233 Å². The first-order valence-electron chi connectivity index (χ1n) is 13.7. The van der Waals surface area contributed by atoms with Crippen LogP contribution in [0.4, 0.5) is 5.69 Å². The van der Waals surface area contributed by atoms with Crippen LogP contribution in [-0.4, -0.2) is 103 Å². The molecule has 4 heterocycles. The highest BCUT2D eigenvalue weighted by Crippen LogP contribution is 2.32. The van der Waals surface area contributed by atoms with Gasteiger partial charge in [0.25, 0.3) is 11.8 Å². The molecule has 5 rings (SSSR count). The minimum atomic E-state index is -0.747. The lowest BCUT2D eigenvalue weighted by Crippen LogP contribution is -2.53. The molecular weight excluding hydrogens is 514 g/mol. The van der Waals surface area contributed by atoms with Crippen molar-refractivity contribution >= 4 is 40.5 Å². The number of ketones is 1. The zero-order valence-electron chi connectivity index (χ0n) is 22.8. The number of nitrogens with one attached hydrogen (secondary N) is 1. The van der Waals surface area contributed by atoms with Crippen molar-refractivity contribution < 1.29 is 19.2 Å². The Hall–Kier alpha value is -3.24. The van der Waals surface area contributed by atoms with Gasteiger partial charge in [-0.05, 0) is 61.5 Å². The van der Waals surface area contributed by atoms with Gasteiger partial charge in [0.15, 0.2) is 5.78 Å². The highest BCUT2D eigenvalue weighted by atomic mass is 32.1. The monoisotopic (exact) mass is 551 g/mol. The summed E-state index contributed by atoms with van der Waals surface area (Å²) in [7, 11) is 2.12. The number of rotatable bonds is 7. The Morgan fingerprint density at radius 2 is 1.69 bits per heavy atom. The Balaban J connectivity index is 1.26. The summed E-state index contributed by atoms with van der Waals surface area (Å²) in [6.45, 7) is 8.30. The molecule has 39 heavy (non-hydrogen) atoms. The van der Waals surface area contributed by atoms with E-state index in [1.54, 1.807) is 33.4 Å². The Morgan fingerprint density at radius 1 is 0.974 bits per heavy atom. The van der Waals surface area contributed by atoms with Crippen molar-refractivity contribution in [2.75, 3.05) is 51.2 Å². The molecule has 3 amide bonds. The highest BCUT2D eigenvalue weighted by molar-refractivity contribution is 7.08. The third kappa shape index (κ3) is 5.72. The summed E-state index contributed by atoms with van der Waals surface area (Å²) in [4.78, 5) is 60.9. The lowest BCUT2D eigenvalue weighted by molar-refractivity contribution is -0.138. The topological polar surface area (TPSA) is 93.3 Å². The molecular formula is C29H37N5O4S. The van der Waals surface area contributed by atoms with E-state index >= 15 is 0 Å². The number of carbonyl (C=O) groups excluding carboxylic acids is 4. The van der Waals surface area contributed by atoms with Crippen LogP contribution in [0.1, 0.15) is 47.4 Å². The first-order chi connectivity index (χ1) is 18.7. The summed E-state index contributed by atoms with van der Waals surface area (Å²) >= 11 is 1.44. The Kier molecular flexibility index (Phi) is 8.04. The van der Waals surface area contributed by atoms with Crippen molar-refractivity contribution in [1.82, 2.24) is 20.0 Å². The zero-order chi connectivity index (χ0) is 27.7. The van der Waals surface area contributed by atoms with Crippen LogP contribution in [-0.2, 0) is 9.59 Å². The van der Waals surface area contributed by atoms with Crippen molar-refractivity contribution in [1.29, 1.82) is 0 Å². The van der Waals surface area contributed by atoms with Gasteiger partial charge < -0.3 is 24.9 Å². The zero-order valence-corrected chi connectivity index (χ0v) is 23.7. The van der Waals surface area contributed by atoms with Gasteiger partial charge in [-0.1, -0.05) is 13.8 Å². The highest BCUT2D eigenvalue weighted by Gasteiger charge is 2.52. The van der Waals surface area contributed by atoms with Crippen molar-refractivity contribution in [3.8, 4) is 0 Å². The molecule has 3 unspecified atom stereocenters. The van der Waals surface area contributed by atoms with Crippen LogP contribution in [0.25, 0.3) is 0 Å². The molecule has 0 spiro atoms. The molecule has 1 aromatic carbocycles. The van der Waals surface area contributed by atoms with Gasteiger partial charge in [-0.25, -0.2) is 0 Å². The van der Waals surface area contributed by atoms with Crippen molar-refractivity contribution in [3.05, 3.63) is 52.2 Å². The fraction of sp³-hybridized carbons (Fsp3) is 0.517. The fourth-order valence-electron chi connectivity index (χ4n) is 5.91. The number of hydrogen-bond acceptors (Lipinski definition) is 7. The second-order valence-electron chi connectivity index (χ2n) is 11.2. The maximum absolute atomic E-state index is 13.8. The predicted molar refractivity (Wildman–Crippen MR) is 151 cm³/mol. The predicted octanol–water partition coefficient (Wildman–Crippen LogP) is 2.34. The molecule has 3 aliphatic heterocycles. The van der Waals surface area contributed by atoms with Crippen LogP contribution in [0.5, 0.6) is 0 Å². The van der Waals surface area contributed by atoms with E-state index in [0.29, 0.717) is 30.5 Å². The van der Waals surface area contributed by atoms with Gasteiger partial charge in [0.05, 0.1) is 18.2 Å².